The second kappa shape index (κ2) is 8.76. The van der Waals surface area contributed by atoms with Crippen LogP contribution in [0.3, 0.4) is 0 Å². The molecule has 4 aliphatic rings. The van der Waals surface area contributed by atoms with Crippen LogP contribution in [0.4, 0.5) is 0 Å². The molecule has 4 unspecified atom stereocenters. The Balaban J connectivity index is 1.32. The number of likely N-dealkylation sites (N-methyl/N-ethyl adjacent to an activating group) is 1. The summed E-state index contributed by atoms with van der Waals surface area (Å²) in [5, 5.41) is 8.87. The van der Waals surface area contributed by atoms with Crippen LogP contribution in [0.1, 0.15) is 50.6 Å². The van der Waals surface area contributed by atoms with Gasteiger partial charge in [0.1, 0.15) is 0 Å². The third-order valence-electron chi connectivity index (χ3n) is 7.18. The normalized spacial score (nSPS) is 30.3. The third-order valence-corrected chi connectivity index (χ3v) is 7.18. The van der Waals surface area contributed by atoms with Crippen molar-refractivity contribution >= 4 is 5.91 Å². The molecule has 28 heavy (non-hydrogen) atoms. The molecule has 0 aromatic carbocycles. The van der Waals surface area contributed by atoms with Crippen molar-refractivity contribution in [3.8, 4) is 0 Å². The first-order chi connectivity index (χ1) is 13.6. The molecule has 6 nitrogen and oxygen atoms in total. The minimum absolute atomic E-state index is 0.146. The van der Waals surface area contributed by atoms with Crippen LogP contribution in [0, 0.1) is 17.8 Å². The summed E-state index contributed by atoms with van der Waals surface area (Å²) in [5.74, 6) is 1.73. The van der Waals surface area contributed by atoms with E-state index in [2.05, 4.69) is 28.0 Å². The fourth-order valence-corrected chi connectivity index (χ4v) is 5.60. The van der Waals surface area contributed by atoms with Gasteiger partial charge in [-0.15, -0.1) is 11.7 Å². The largest absolute Gasteiger partial charge is 0.342 e. The highest BCUT2D eigenvalue weighted by Crippen LogP contribution is 2.37. The van der Waals surface area contributed by atoms with Crippen molar-refractivity contribution in [2.45, 2.75) is 64.0 Å². The van der Waals surface area contributed by atoms with Crippen LogP contribution in [-0.4, -0.2) is 63.4 Å². The van der Waals surface area contributed by atoms with Crippen LogP contribution in [0.25, 0.3) is 0 Å². The SMILES string of the molecule is C=CCN(C)C(=O)C1CN2CCC1CC2Cn1cc(CC2CCCCC2)nn1. The lowest BCUT2D eigenvalue weighted by atomic mass is 9.75. The Morgan fingerprint density at radius 2 is 2.14 bits per heavy atom. The van der Waals surface area contributed by atoms with Gasteiger partial charge in [0.15, 0.2) is 0 Å². The molecule has 4 atom stereocenters. The zero-order valence-corrected chi connectivity index (χ0v) is 17.3. The number of amides is 1. The summed E-state index contributed by atoms with van der Waals surface area (Å²) >= 11 is 0. The first kappa shape index (κ1) is 19.6. The molecule has 1 amide bonds. The molecule has 1 aliphatic carbocycles. The fourth-order valence-electron chi connectivity index (χ4n) is 5.60. The maximum absolute atomic E-state index is 12.8. The van der Waals surface area contributed by atoms with Gasteiger partial charge in [0.25, 0.3) is 0 Å². The summed E-state index contributed by atoms with van der Waals surface area (Å²) in [6, 6.07) is 0.483. The predicted molar refractivity (Wildman–Crippen MR) is 110 cm³/mol. The smallest absolute Gasteiger partial charge is 0.227 e. The number of hydrogen-bond acceptors (Lipinski definition) is 4. The summed E-state index contributed by atoms with van der Waals surface area (Å²) in [4.78, 5) is 17.1. The Bertz CT molecular complexity index is 680. The van der Waals surface area contributed by atoms with Crippen molar-refractivity contribution in [1.29, 1.82) is 0 Å². The third kappa shape index (κ3) is 4.32. The number of carbonyl (C=O) groups excluding carboxylic acids is 1. The van der Waals surface area contributed by atoms with Crippen LogP contribution >= 0.6 is 0 Å². The summed E-state index contributed by atoms with van der Waals surface area (Å²) in [5.41, 5.74) is 1.15. The van der Waals surface area contributed by atoms with E-state index >= 15 is 0 Å². The molecule has 0 radical (unpaired) electrons. The van der Waals surface area contributed by atoms with E-state index in [9.17, 15) is 4.79 Å². The lowest BCUT2D eigenvalue weighted by molar-refractivity contribution is -0.142. The van der Waals surface area contributed by atoms with E-state index in [4.69, 9.17) is 0 Å². The van der Waals surface area contributed by atoms with E-state index in [1.165, 1.54) is 32.1 Å². The maximum atomic E-state index is 12.8. The van der Waals surface area contributed by atoms with Crippen molar-refractivity contribution in [3.63, 3.8) is 0 Å². The zero-order chi connectivity index (χ0) is 19.5. The average molecular weight is 386 g/mol. The van der Waals surface area contributed by atoms with Crippen LogP contribution in [0.5, 0.6) is 0 Å². The highest BCUT2D eigenvalue weighted by atomic mass is 16.2. The number of nitrogens with zero attached hydrogens (tertiary/aromatic N) is 5. The van der Waals surface area contributed by atoms with E-state index in [0.717, 1.165) is 50.5 Å². The topological polar surface area (TPSA) is 54.3 Å². The highest BCUT2D eigenvalue weighted by molar-refractivity contribution is 5.79. The fraction of sp³-hybridized carbons (Fsp3) is 0.773. The number of hydrogen-bond donors (Lipinski definition) is 0. The number of carbonyl (C=O) groups is 1. The maximum Gasteiger partial charge on any atom is 0.227 e. The molecule has 1 aromatic heterocycles. The van der Waals surface area contributed by atoms with Gasteiger partial charge in [0.05, 0.1) is 18.2 Å². The quantitative estimate of drug-likeness (QED) is 0.677. The van der Waals surface area contributed by atoms with Gasteiger partial charge in [-0.2, -0.15) is 0 Å². The molecule has 154 valence electrons. The molecule has 1 saturated carbocycles. The number of piperidine rings is 3. The van der Waals surface area contributed by atoms with E-state index in [-0.39, 0.29) is 11.8 Å². The molecule has 0 spiro atoms. The lowest BCUT2D eigenvalue weighted by Gasteiger charge is -2.49. The van der Waals surface area contributed by atoms with Crippen molar-refractivity contribution < 1.29 is 4.79 Å². The van der Waals surface area contributed by atoms with Crippen molar-refractivity contribution in [1.82, 2.24) is 24.8 Å². The lowest BCUT2D eigenvalue weighted by Crippen LogP contribution is -2.58. The van der Waals surface area contributed by atoms with Crippen molar-refractivity contribution in [2.24, 2.45) is 17.8 Å². The first-order valence-electron chi connectivity index (χ1n) is 11.1. The zero-order valence-electron chi connectivity index (χ0n) is 17.3. The second-order valence-corrected chi connectivity index (χ2v) is 9.19. The molecule has 2 bridgehead atoms. The highest BCUT2D eigenvalue weighted by Gasteiger charge is 2.44. The van der Waals surface area contributed by atoms with Crippen molar-refractivity contribution in [2.75, 3.05) is 26.7 Å². The Morgan fingerprint density at radius 1 is 1.32 bits per heavy atom. The van der Waals surface area contributed by atoms with Crippen LogP contribution < -0.4 is 0 Å². The molecule has 3 saturated heterocycles. The Kier molecular flexibility index (Phi) is 6.14. The Labute approximate surface area is 168 Å². The monoisotopic (exact) mass is 385 g/mol. The average Bonchev–Trinajstić information content (AvgIpc) is 3.15. The first-order valence-corrected chi connectivity index (χ1v) is 11.1. The molecular weight excluding hydrogens is 350 g/mol. The Morgan fingerprint density at radius 3 is 2.86 bits per heavy atom. The van der Waals surface area contributed by atoms with Gasteiger partial charge in [-0.05, 0) is 37.6 Å². The van der Waals surface area contributed by atoms with Gasteiger partial charge in [-0.25, -0.2) is 0 Å². The standard InChI is InChI=1S/C22H35N5O/c1-3-10-25(2)22(28)21-16-26-11-9-18(21)13-20(26)15-27-14-19(23-24-27)12-17-7-5-4-6-8-17/h3,14,17-18,20-21H,1,4-13,15-16H2,2H3. The number of fused-ring (bicyclic) bond motifs is 3. The second-order valence-electron chi connectivity index (χ2n) is 9.19. The molecule has 1 aromatic rings. The Hall–Kier alpha value is -1.69. The molecule has 0 N–H and O–H groups in total. The predicted octanol–water partition coefficient (Wildman–Crippen LogP) is 2.76. The van der Waals surface area contributed by atoms with Crippen LogP contribution in [0.2, 0.25) is 0 Å². The van der Waals surface area contributed by atoms with E-state index in [1.807, 2.05) is 16.6 Å². The van der Waals surface area contributed by atoms with E-state index < -0.39 is 0 Å². The summed E-state index contributed by atoms with van der Waals surface area (Å²) in [6.45, 7) is 7.28. The van der Waals surface area contributed by atoms with Gasteiger partial charge in [0, 0.05) is 32.4 Å². The van der Waals surface area contributed by atoms with E-state index in [0.29, 0.717) is 18.5 Å². The number of rotatable bonds is 7. The number of aromatic nitrogens is 3. The molecule has 4 heterocycles. The molecule has 4 fully saturated rings. The van der Waals surface area contributed by atoms with Gasteiger partial charge in [0.2, 0.25) is 5.91 Å². The molecule has 5 rings (SSSR count). The van der Waals surface area contributed by atoms with Gasteiger partial charge >= 0.3 is 0 Å². The summed E-state index contributed by atoms with van der Waals surface area (Å²) < 4.78 is 2.05. The van der Waals surface area contributed by atoms with Crippen LogP contribution in [-0.2, 0) is 17.8 Å². The molecular formula is C22H35N5O. The molecule has 3 aliphatic heterocycles. The van der Waals surface area contributed by atoms with Crippen LogP contribution in [0.15, 0.2) is 18.9 Å². The van der Waals surface area contributed by atoms with E-state index in [1.54, 1.807) is 6.08 Å². The van der Waals surface area contributed by atoms with Crippen molar-refractivity contribution in [3.05, 3.63) is 24.5 Å². The van der Waals surface area contributed by atoms with Gasteiger partial charge < -0.3 is 4.90 Å². The summed E-state index contributed by atoms with van der Waals surface area (Å²) in [7, 11) is 1.89. The van der Waals surface area contributed by atoms with Gasteiger partial charge in [-0.3, -0.25) is 14.4 Å². The summed E-state index contributed by atoms with van der Waals surface area (Å²) in [6.07, 6.45) is 14.1. The molecule has 6 heteroatoms. The minimum Gasteiger partial charge on any atom is -0.342 e. The minimum atomic E-state index is 0.146. The van der Waals surface area contributed by atoms with Gasteiger partial charge in [-0.1, -0.05) is 43.4 Å².